The van der Waals surface area contributed by atoms with Crippen LogP contribution in [0.15, 0.2) is 47.9 Å². The van der Waals surface area contributed by atoms with E-state index in [1.807, 2.05) is 52.8 Å². The summed E-state index contributed by atoms with van der Waals surface area (Å²) in [6.45, 7) is 4.40. The molecule has 0 bridgehead atoms. The molecule has 0 N–H and O–H groups in total. The van der Waals surface area contributed by atoms with Gasteiger partial charge in [-0.2, -0.15) is 0 Å². The fraction of sp³-hybridized carbons (Fsp3) is 0.300. The van der Waals surface area contributed by atoms with Crippen molar-refractivity contribution in [2.24, 2.45) is 0 Å². The zero-order valence-electron chi connectivity index (χ0n) is 14.4. The lowest BCUT2D eigenvalue weighted by atomic mass is 10.1. The monoisotopic (exact) mass is 354 g/mol. The Balaban J connectivity index is 1.54. The van der Waals surface area contributed by atoms with Crippen molar-refractivity contribution >= 4 is 29.2 Å². The van der Waals surface area contributed by atoms with Crippen LogP contribution in [0.2, 0.25) is 0 Å². The molecule has 25 heavy (non-hydrogen) atoms. The second-order valence-electron chi connectivity index (χ2n) is 6.02. The molecule has 0 radical (unpaired) electrons. The van der Waals surface area contributed by atoms with Crippen LogP contribution >= 0.6 is 11.3 Å². The second kappa shape index (κ2) is 8.12. The molecule has 1 aliphatic heterocycles. The molecule has 0 atom stereocenters. The van der Waals surface area contributed by atoms with Gasteiger partial charge in [0.15, 0.2) is 0 Å². The van der Waals surface area contributed by atoms with E-state index in [1.54, 1.807) is 22.3 Å². The quantitative estimate of drug-likeness (QED) is 0.791. The molecule has 2 amide bonds. The zero-order chi connectivity index (χ0) is 17.6. The van der Waals surface area contributed by atoms with Crippen LogP contribution in [0.5, 0.6) is 0 Å². The molecule has 0 unspecified atom stereocenters. The third-order valence-corrected chi connectivity index (χ3v) is 5.26. The average molecular weight is 354 g/mol. The molecule has 1 fully saturated rings. The third kappa shape index (κ3) is 4.37. The van der Waals surface area contributed by atoms with E-state index < -0.39 is 0 Å². The zero-order valence-corrected chi connectivity index (χ0v) is 15.2. The van der Waals surface area contributed by atoms with Gasteiger partial charge < -0.3 is 9.80 Å². The first-order valence-corrected chi connectivity index (χ1v) is 9.44. The molecule has 4 nitrogen and oxygen atoms in total. The lowest BCUT2D eigenvalue weighted by molar-refractivity contribution is -0.127. The minimum absolute atomic E-state index is 0.00722. The largest absolute Gasteiger partial charge is 0.336 e. The summed E-state index contributed by atoms with van der Waals surface area (Å²) in [5, 5.41) is 1.99. The van der Waals surface area contributed by atoms with Crippen LogP contribution in [-0.2, 0) is 11.2 Å². The molecule has 5 heteroatoms. The summed E-state index contributed by atoms with van der Waals surface area (Å²) >= 11 is 1.61. The van der Waals surface area contributed by atoms with Crippen LogP contribution in [-0.4, -0.2) is 47.8 Å². The van der Waals surface area contributed by atoms with E-state index in [1.165, 1.54) is 5.56 Å². The lowest BCUT2D eigenvalue weighted by Crippen LogP contribution is -2.50. The van der Waals surface area contributed by atoms with Crippen LogP contribution < -0.4 is 0 Å². The highest BCUT2D eigenvalue weighted by molar-refractivity contribution is 7.10. The number of hydrogen-bond acceptors (Lipinski definition) is 3. The van der Waals surface area contributed by atoms with E-state index in [-0.39, 0.29) is 11.8 Å². The van der Waals surface area contributed by atoms with Crippen molar-refractivity contribution in [3.63, 3.8) is 0 Å². The van der Waals surface area contributed by atoms with E-state index in [0.717, 1.165) is 16.9 Å². The minimum Gasteiger partial charge on any atom is -0.336 e. The van der Waals surface area contributed by atoms with Gasteiger partial charge in [-0.25, -0.2) is 0 Å². The van der Waals surface area contributed by atoms with E-state index in [0.29, 0.717) is 26.2 Å². The number of piperazine rings is 1. The van der Waals surface area contributed by atoms with Gasteiger partial charge in [-0.3, -0.25) is 9.59 Å². The number of nitrogens with zero attached hydrogens (tertiary/aromatic N) is 2. The first kappa shape index (κ1) is 17.4. The first-order valence-electron chi connectivity index (χ1n) is 8.56. The molecular weight excluding hydrogens is 332 g/mol. The summed E-state index contributed by atoms with van der Waals surface area (Å²) in [7, 11) is 0. The minimum atomic E-state index is 0.00722. The number of benzene rings is 1. The topological polar surface area (TPSA) is 40.6 Å². The maximum Gasteiger partial charge on any atom is 0.253 e. The number of rotatable bonds is 4. The van der Waals surface area contributed by atoms with Crippen molar-refractivity contribution < 1.29 is 9.59 Å². The molecule has 1 aliphatic rings. The highest BCUT2D eigenvalue weighted by atomic mass is 32.1. The molecule has 1 aromatic heterocycles. The average Bonchev–Trinajstić information content (AvgIpc) is 3.19. The van der Waals surface area contributed by atoms with E-state index in [4.69, 9.17) is 0 Å². The summed E-state index contributed by atoms with van der Waals surface area (Å²) in [6, 6.07) is 11.7. The van der Waals surface area contributed by atoms with Crippen LogP contribution in [0.25, 0.3) is 6.08 Å². The van der Waals surface area contributed by atoms with Gasteiger partial charge in [0.05, 0.1) is 0 Å². The van der Waals surface area contributed by atoms with Crippen molar-refractivity contribution in [1.29, 1.82) is 0 Å². The summed E-state index contributed by atoms with van der Waals surface area (Å²) < 4.78 is 0. The number of thiophene rings is 1. The van der Waals surface area contributed by atoms with Crippen LogP contribution in [0, 0.1) is 0 Å². The highest BCUT2D eigenvalue weighted by Crippen LogP contribution is 2.13. The fourth-order valence-electron chi connectivity index (χ4n) is 2.84. The van der Waals surface area contributed by atoms with Crippen LogP contribution in [0.4, 0.5) is 0 Å². The molecule has 0 spiro atoms. The van der Waals surface area contributed by atoms with Gasteiger partial charge >= 0.3 is 0 Å². The van der Waals surface area contributed by atoms with Crippen molar-refractivity contribution in [3.05, 3.63) is 63.9 Å². The smallest absolute Gasteiger partial charge is 0.253 e. The molecule has 3 rings (SSSR count). The van der Waals surface area contributed by atoms with E-state index in [2.05, 4.69) is 6.92 Å². The highest BCUT2D eigenvalue weighted by Gasteiger charge is 2.23. The standard InChI is InChI=1S/C20H22N2O2S/c1-2-16-5-7-17(8-6-16)20(24)22-13-11-21(12-14-22)19(23)10-9-18-4-3-15-25-18/h3-10,15H,2,11-14H2,1H3/b10-9+. The van der Waals surface area contributed by atoms with E-state index in [9.17, 15) is 9.59 Å². The lowest BCUT2D eigenvalue weighted by Gasteiger charge is -2.34. The SMILES string of the molecule is CCc1ccc(C(=O)N2CCN(C(=O)/C=C/c3cccs3)CC2)cc1. The number of aryl methyl sites for hydroxylation is 1. The number of carbonyl (C=O) groups is 2. The molecule has 0 aliphatic carbocycles. The Kier molecular flexibility index (Phi) is 5.66. The fourth-order valence-corrected chi connectivity index (χ4v) is 3.46. The van der Waals surface area contributed by atoms with Crippen molar-refractivity contribution in [1.82, 2.24) is 9.80 Å². The maximum absolute atomic E-state index is 12.6. The molecule has 130 valence electrons. The summed E-state index contributed by atoms with van der Waals surface area (Å²) in [6.07, 6.45) is 4.43. The molecule has 0 saturated carbocycles. The van der Waals surface area contributed by atoms with Gasteiger partial charge in [0, 0.05) is 42.7 Å². The van der Waals surface area contributed by atoms with Crippen LogP contribution in [0.3, 0.4) is 0 Å². The Hall–Kier alpha value is -2.40. The number of hydrogen-bond donors (Lipinski definition) is 0. The van der Waals surface area contributed by atoms with Crippen LogP contribution in [0.1, 0.15) is 27.7 Å². The molecule has 2 aromatic rings. The molecule has 2 heterocycles. The molecule has 1 saturated heterocycles. The van der Waals surface area contributed by atoms with Gasteiger partial charge in [-0.1, -0.05) is 25.1 Å². The number of carbonyl (C=O) groups excluding carboxylic acids is 2. The van der Waals surface area contributed by atoms with Crippen molar-refractivity contribution in [2.75, 3.05) is 26.2 Å². The summed E-state index contributed by atoms with van der Waals surface area (Å²) in [5.74, 6) is 0.0525. The Labute approximate surface area is 152 Å². The molecular formula is C20H22N2O2S. The first-order chi connectivity index (χ1) is 12.2. The predicted molar refractivity (Wildman–Crippen MR) is 102 cm³/mol. The van der Waals surface area contributed by atoms with Crippen molar-refractivity contribution in [3.8, 4) is 0 Å². The Morgan fingerprint density at radius 1 is 1.04 bits per heavy atom. The summed E-state index contributed by atoms with van der Waals surface area (Å²) in [4.78, 5) is 29.5. The Bertz CT molecular complexity index is 743. The molecule has 1 aromatic carbocycles. The Morgan fingerprint density at radius 3 is 2.32 bits per heavy atom. The normalized spacial score (nSPS) is 14.9. The van der Waals surface area contributed by atoms with Gasteiger partial charge in [0.2, 0.25) is 5.91 Å². The Morgan fingerprint density at radius 2 is 1.72 bits per heavy atom. The van der Waals surface area contributed by atoms with Crippen molar-refractivity contribution in [2.45, 2.75) is 13.3 Å². The maximum atomic E-state index is 12.6. The second-order valence-corrected chi connectivity index (χ2v) is 7.00. The predicted octanol–water partition coefficient (Wildman–Crippen LogP) is 3.31. The van der Waals surface area contributed by atoms with Gasteiger partial charge in [-0.05, 0) is 41.6 Å². The number of amides is 2. The van der Waals surface area contributed by atoms with Gasteiger partial charge in [0.25, 0.3) is 5.91 Å². The van der Waals surface area contributed by atoms with Gasteiger partial charge in [-0.15, -0.1) is 11.3 Å². The third-order valence-electron chi connectivity index (χ3n) is 4.42. The summed E-state index contributed by atoms with van der Waals surface area (Å²) in [5.41, 5.74) is 1.94. The van der Waals surface area contributed by atoms with E-state index >= 15 is 0 Å². The van der Waals surface area contributed by atoms with Gasteiger partial charge in [0.1, 0.15) is 0 Å².